The van der Waals surface area contributed by atoms with Crippen molar-refractivity contribution in [2.24, 2.45) is 5.92 Å². The molecule has 0 bridgehead atoms. The van der Waals surface area contributed by atoms with Crippen LogP contribution in [-0.4, -0.2) is 40.8 Å². The van der Waals surface area contributed by atoms with Crippen molar-refractivity contribution < 1.29 is 8.42 Å². The average Bonchev–Trinajstić information content (AvgIpc) is 2.85. The zero-order valence-electron chi connectivity index (χ0n) is 11.3. The van der Waals surface area contributed by atoms with Crippen molar-refractivity contribution in [2.45, 2.75) is 12.3 Å². The zero-order valence-corrected chi connectivity index (χ0v) is 12.8. The van der Waals surface area contributed by atoms with Gasteiger partial charge in [0.2, 0.25) is 10.0 Å². The summed E-state index contributed by atoms with van der Waals surface area (Å²) in [6, 6.07) is 6.95. The Balaban J connectivity index is 1.57. The Labute approximate surface area is 128 Å². The molecule has 2 heterocycles. The van der Waals surface area contributed by atoms with E-state index >= 15 is 0 Å². The molecule has 1 aliphatic heterocycles. The molecule has 0 N–H and O–H groups in total. The van der Waals surface area contributed by atoms with Gasteiger partial charge in [-0.05, 0) is 17.7 Å². The molecule has 0 unspecified atom stereocenters. The highest BCUT2D eigenvalue weighted by atomic mass is 35.5. The van der Waals surface area contributed by atoms with E-state index < -0.39 is 10.0 Å². The predicted molar refractivity (Wildman–Crippen MR) is 79.2 cm³/mol. The number of nitrogens with zero attached hydrogens (tertiary/aromatic N) is 4. The molecule has 3 rings (SSSR count). The lowest BCUT2D eigenvalue weighted by Gasteiger charge is -2.37. The molecule has 2 aromatic rings. The van der Waals surface area contributed by atoms with Gasteiger partial charge in [-0.3, -0.25) is 4.68 Å². The third-order valence-electron chi connectivity index (χ3n) is 3.47. The average molecular weight is 327 g/mol. The van der Waals surface area contributed by atoms with Gasteiger partial charge in [0.25, 0.3) is 0 Å². The Hall–Kier alpha value is -1.44. The first-order chi connectivity index (χ1) is 10.0. The highest BCUT2D eigenvalue weighted by molar-refractivity contribution is 7.88. The molecule has 1 saturated heterocycles. The molecule has 21 heavy (non-hydrogen) atoms. The van der Waals surface area contributed by atoms with Crippen molar-refractivity contribution in [1.29, 1.82) is 0 Å². The SMILES string of the molecule is O=S(=O)(Cc1cccc(Cl)c1)N1CC(Cn2ccnn2)C1. The molecular formula is C13H15ClN4O2S. The van der Waals surface area contributed by atoms with Crippen LogP contribution in [0.4, 0.5) is 0 Å². The Kier molecular flexibility index (Phi) is 3.97. The number of benzene rings is 1. The van der Waals surface area contributed by atoms with E-state index in [0.29, 0.717) is 36.1 Å². The molecule has 1 aliphatic rings. The Morgan fingerprint density at radius 1 is 1.33 bits per heavy atom. The molecule has 0 radical (unpaired) electrons. The molecule has 0 aliphatic carbocycles. The smallest absolute Gasteiger partial charge is 0.218 e. The first kappa shape index (κ1) is 14.5. The molecule has 0 atom stereocenters. The van der Waals surface area contributed by atoms with E-state index in [1.54, 1.807) is 41.3 Å². The molecule has 1 aromatic carbocycles. The van der Waals surface area contributed by atoms with Gasteiger partial charge < -0.3 is 0 Å². The standard InChI is InChI=1S/C13H15ClN4O2S/c14-13-3-1-2-11(6-13)10-21(19,20)18-8-12(9-18)7-17-5-4-15-16-17/h1-6,12H,7-10H2. The van der Waals surface area contributed by atoms with Crippen molar-refractivity contribution >= 4 is 21.6 Å². The largest absolute Gasteiger partial charge is 0.252 e. The van der Waals surface area contributed by atoms with Crippen LogP contribution in [0, 0.1) is 5.92 Å². The van der Waals surface area contributed by atoms with Crippen LogP contribution in [0.5, 0.6) is 0 Å². The van der Waals surface area contributed by atoms with Crippen LogP contribution >= 0.6 is 11.6 Å². The minimum absolute atomic E-state index is 0.0103. The quantitative estimate of drug-likeness (QED) is 0.832. The van der Waals surface area contributed by atoms with Crippen LogP contribution in [-0.2, 0) is 22.3 Å². The Morgan fingerprint density at radius 2 is 2.14 bits per heavy atom. The number of hydrogen-bond acceptors (Lipinski definition) is 4. The first-order valence-corrected chi connectivity index (χ1v) is 8.58. The molecule has 1 fully saturated rings. The first-order valence-electron chi connectivity index (χ1n) is 6.59. The lowest BCUT2D eigenvalue weighted by Crippen LogP contribution is -2.51. The van der Waals surface area contributed by atoms with Crippen molar-refractivity contribution in [3.63, 3.8) is 0 Å². The highest BCUT2D eigenvalue weighted by Crippen LogP contribution is 2.24. The summed E-state index contributed by atoms with van der Waals surface area (Å²) in [7, 11) is -3.28. The van der Waals surface area contributed by atoms with Gasteiger partial charge in [-0.1, -0.05) is 28.9 Å². The summed E-state index contributed by atoms with van der Waals surface area (Å²) in [5, 5.41) is 8.17. The van der Waals surface area contributed by atoms with Gasteiger partial charge in [-0.15, -0.1) is 5.10 Å². The topological polar surface area (TPSA) is 68.1 Å². The van der Waals surface area contributed by atoms with E-state index in [1.807, 2.05) is 0 Å². The molecule has 0 amide bonds. The fourth-order valence-corrected chi connectivity index (χ4v) is 4.26. The Bertz CT molecular complexity index is 712. The van der Waals surface area contributed by atoms with Gasteiger partial charge in [0, 0.05) is 36.8 Å². The summed E-state index contributed by atoms with van der Waals surface area (Å²) in [5.74, 6) is 0.282. The van der Waals surface area contributed by atoms with E-state index in [1.165, 1.54) is 4.31 Å². The maximum atomic E-state index is 12.3. The van der Waals surface area contributed by atoms with Gasteiger partial charge in [0.15, 0.2) is 0 Å². The summed E-state index contributed by atoms with van der Waals surface area (Å²) in [5.41, 5.74) is 0.710. The molecule has 0 spiro atoms. The summed E-state index contributed by atoms with van der Waals surface area (Å²) in [4.78, 5) is 0. The van der Waals surface area contributed by atoms with Crippen molar-refractivity contribution in [2.75, 3.05) is 13.1 Å². The van der Waals surface area contributed by atoms with E-state index in [9.17, 15) is 8.42 Å². The second kappa shape index (κ2) is 5.75. The summed E-state index contributed by atoms with van der Waals surface area (Å²) in [6.45, 7) is 1.76. The minimum atomic E-state index is -3.28. The molecule has 1 aromatic heterocycles. The second-order valence-electron chi connectivity index (χ2n) is 5.19. The maximum Gasteiger partial charge on any atom is 0.218 e. The van der Waals surface area contributed by atoms with E-state index in [-0.39, 0.29) is 5.75 Å². The van der Waals surface area contributed by atoms with Gasteiger partial charge in [0.1, 0.15) is 0 Å². The third kappa shape index (κ3) is 3.42. The molecule has 6 nitrogen and oxygen atoms in total. The highest BCUT2D eigenvalue weighted by Gasteiger charge is 2.35. The predicted octanol–water partition coefficient (Wildman–Crippen LogP) is 1.39. The molecule has 8 heteroatoms. The van der Waals surface area contributed by atoms with Crippen LogP contribution in [0.3, 0.4) is 0 Å². The van der Waals surface area contributed by atoms with Crippen LogP contribution < -0.4 is 0 Å². The molecule has 112 valence electrons. The molecular weight excluding hydrogens is 312 g/mol. The summed E-state index contributed by atoms with van der Waals surface area (Å²) < 4.78 is 27.8. The van der Waals surface area contributed by atoms with Gasteiger partial charge >= 0.3 is 0 Å². The van der Waals surface area contributed by atoms with Crippen LogP contribution in [0.15, 0.2) is 36.7 Å². The molecule has 0 saturated carbocycles. The number of halogens is 1. The monoisotopic (exact) mass is 326 g/mol. The fraction of sp³-hybridized carbons (Fsp3) is 0.385. The number of aromatic nitrogens is 3. The van der Waals surface area contributed by atoms with Crippen LogP contribution in [0.25, 0.3) is 0 Å². The van der Waals surface area contributed by atoms with Gasteiger partial charge in [-0.25, -0.2) is 12.7 Å². The van der Waals surface area contributed by atoms with E-state index in [4.69, 9.17) is 11.6 Å². The third-order valence-corrected chi connectivity index (χ3v) is 5.49. The number of hydrogen-bond donors (Lipinski definition) is 0. The van der Waals surface area contributed by atoms with Gasteiger partial charge in [-0.2, -0.15) is 0 Å². The minimum Gasteiger partial charge on any atom is -0.252 e. The van der Waals surface area contributed by atoms with Crippen molar-refractivity contribution in [3.05, 3.63) is 47.2 Å². The summed E-state index contributed by atoms with van der Waals surface area (Å²) in [6.07, 6.45) is 3.40. The van der Waals surface area contributed by atoms with Crippen molar-refractivity contribution in [1.82, 2.24) is 19.3 Å². The maximum absolute atomic E-state index is 12.3. The normalized spacial score (nSPS) is 16.8. The lowest BCUT2D eigenvalue weighted by molar-refractivity contribution is 0.174. The fourth-order valence-electron chi connectivity index (χ4n) is 2.39. The summed E-state index contributed by atoms with van der Waals surface area (Å²) >= 11 is 5.88. The van der Waals surface area contributed by atoms with E-state index in [0.717, 1.165) is 0 Å². The van der Waals surface area contributed by atoms with Crippen LogP contribution in [0.2, 0.25) is 5.02 Å². The van der Waals surface area contributed by atoms with E-state index in [2.05, 4.69) is 10.3 Å². The number of rotatable bonds is 5. The number of sulfonamides is 1. The van der Waals surface area contributed by atoms with Gasteiger partial charge in [0.05, 0.1) is 11.9 Å². The second-order valence-corrected chi connectivity index (χ2v) is 7.60. The Morgan fingerprint density at radius 3 is 2.81 bits per heavy atom. The zero-order chi connectivity index (χ0) is 14.9. The van der Waals surface area contributed by atoms with Crippen LogP contribution in [0.1, 0.15) is 5.56 Å². The lowest BCUT2D eigenvalue weighted by atomic mass is 10.0. The van der Waals surface area contributed by atoms with Crippen molar-refractivity contribution in [3.8, 4) is 0 Å².